The van der Waals surface area contributed by atoms with Crippen molar-refractivity contribution in [1.82, 2.24) is 0 Å². The van der Waals surface area contributed by atoms with Gasteiger partial charge in [-0.25, -0.2) is 0 Å². The molecule has 0 bridgehead atoms. The second-order valence-corrected chi connectivity index (χ2v) is 4.15. The van der Waals surface area contributed by atoms with Gasteiger partial charge in [0.05, 0.1) is 0 Å². The second kappa shape index (κ2) is 4.00. The van der Waals surface area contributed by atoms with Gasteiger partial charge < -0.3 is 9.84 Å². The van der Waals surface area contributed by atoms with Gasteiger partial charge in [0.15, 0.2) is 0 Å². The van der Waals surface area contributed by atoms with Crippen molar-refractivity contribution in [3.8, 4) is 5.75 Å². The zero-order chi connectivity index (χ0) is 11.6. The molecule has 1 aliphatic rings. The molecular formula is C13H14O3. The minimum Gasteiger partial charge on any atom is -0.492 e. The number of ether oxygens (including phenoxy) is 1. The molecule has 1 heterocycles. The highest BCUT2D eigenvalue weighted by atomic mass is 16.5. The summed E-state index contributed by atoms with van der Waals surface area (Å²) in [5.74, 6) is -0.0228. The zero-order valence-corrected chi connectivity index (χ0v) is 8.98. The lowest BCUT2D eigenvalue weighted by atomic mass is 9.78. The third-order valence-electron chi connectivity index (χ3n) is 2.99. The predicted octanol–water partition coefficient (Wildman–Crippen LogP) is 2.27. The first-order valence-corrected chi connectivity index (χ1v) is 5.23. The van der Waals surface area contributed by atoms with Gasteiger partial charge in [-0.15, -0.1) is 6.58 Å². The Morgan fingerprint density at radius 3 is 3.00 bits per heavy atom. The molecule has 1 N–H and O–H groups in total. The molecule has 0 spiro atoms. The number of para-hydroxylation sites is 1. The third-order valence-corrected chi connectivity index (χ3v) is 2.99. The first-order valence-electron chi connectivity index (χ1n) is 5.23. The van der Waals surface area contributed by atoms with Crippen LogP contribution in [0, 0.1) is 5.41 Å². The van der Waals surface area contributed by atoms with E-state index in [-0.39, 0.29) is 6.61 Å². The van der Waals surface area contributed by atoms with Crippen LogP contribution >= 0.6 is 0 Å². The summed E-state index contributed by atoms with van der Waals surface area (Å²) in [5, 5.41) is 9.32. The van der Waals surface area contributed by atoms with E-state index in [9.17, 15) is 9.90 Å². The van der Waals surface area contributed by atoms with Gasteiger partial charge in [0, 0.05) is 0 Å². The largest absolute Gasteiger partial charge is 0.492 e. The lowest BCUT2D eigenvalue weighted by Crippen LogP contribution is -2.41. The van der Waals surface area contributed by atoms with Crippen LogP contribution in [0.25, 0.3) is 0 Å². The molecule has 0 saturated heterocycles. The molecule has 0 aliphatic carbocycles. The van der Waals surface area contributed by atoms with Crippen molar-refractivity contribution in [1.29, 1.82) is 0 Å². The van der Waals surface area contributed by atoms with Crippen molar-refractivity contribution in [2.24, 2.45) is 5.41 Å². The molecule has 1 aromatic carbocycles. The maximum Gasteiger partial charge on any atom is 0.313 e. The van der Waals surface area contributed by atoms with Crippen molar-refractivity contribution in [2.75, 3.05) is 6.61 Å². The molecular weight excluding hydrogens is 204 g/mol. The Morgan fingerprint density at radius 1 is 1.56 bits per heavy atom. The average molecular weight is 218 g/mol. The number of carboxylic acids is 1. The number of allylic oxidation sites excluding steroid dienone is 1. The predicted molar refractivity (Wildman–Crippen MR) is 60.5 cm³/mol. The van der Waals surface area contributed by atoms with Gasteiger partial charge in [0.25, 0.3) is 0 Å². The van der Waals surface area contributed by atoms with Gasteiger partial charge in [0.1, 0.15) is 17.8 Å². The van der Waals surface area contributed by atoms with Crippen LogP contribution in [0.1, 0.15) is 12.0 Å². The Balaban J connectivity index is 2.34. The fourth-order valence-corrected chi connectivity index (χ4v) is 2.05. The van der Waals surface area contributed by atoms with Crippen LogP contribution in [0.15, 0.2) is 36.9 Å². The van der Waals surface area contributed by atoms with Gasteiger partial charge >= 0.3 is 5.97 Å². The number of carboxylic acid groups (broad SMARTS) is 1. The third kappa shape index (κ3) is 1.69. The molecule has 0 radical (unpaired) electrons. The zero-order valence-electron chi connectivity index (χ0n) is 8.98. The van der Waals surface area contributed by atoms with Gasteiger partial charge in [0.2, 0.25) is 0 Å². The van der Waals surface area contributed by atoms with Gasteiger partial charge in [-0.1, -0.05) is 24.3 Å². The maximum absolute atomic E-state index is 11.3. The molecule has 1 aliphatic heterocycles. The number of rotatable bonds is 3. The van der Waals surface area contributed by atoms with Crippen LogP contribution in [-0.4, -0.2) is 17.7 Å². The average Bonchev–Trinajstić information content (AvgIpc) is 2.29. The maximum atomic E-state index is 11.3. The summed E-state index contributed by atoms with van der Waals surface area (Å²) < 4.78 is 5.52. The number of fused-ring (bicyclic) bond motifs is 1. The number of hydrogen-bond acceptors (Lipinski definition) is 2. The summed E-state index contributed by atoms with van der Waals surface area (Å²) in [5.41, 5.74) is 0.105. The van der Waals surface area contributed by atoms with Crippen LogP contribution in [0.3, 0.4) is 0 Å². The van der Waals surface area contributed by atoms with Crippen molar-refractivity contribution in [2.45, 2.75) is 12.8 Å². The molecule has 0 aromatic heterocycles. The molecule has 3 heteroatoms. The number of carbonyl (C=O) groups is 1. The lowest BCUT2D eigenvalue weighted by Gasteiger charge is -2.33. The van der Waals surface area contributed by atoms with Crippen molar-refractivity contribution < 1.29 is 14.6 Å². The topological polar surface area (TPSA) is 46.5 Å². The van der Waals surface area contributed by atoms with Gasteiger partial charge in [-0.2, -0.15) is 0 Å². The van der Waals surface area contributed by atoms with Crippen molar-refractivity contribution >= 4 is 5.97 Å². The van der Waals surface area contributed by atoms with Gasteiger partial charge in [-0.3, -0.25) is 4.79 Å². The summed E-state index contributed by atoms with van der Waals surface area (Å²) in [6, 6.07) is 7.57. The second-order valence-electron chi connectivity index (χ2n) is 4.15. The lowest BCUT2D eigenvalue weighted by molar-refractivity contribution is -0.151. The number of benzene rings is 1. The molecule has 2 rings (SSSR count). The highest BCUT2D eigenvalue weighted by Crippen LogP contribution is 2.37. The van der Waals surface area contributed by atoms with E-state index in [1.165, 1.54) is 0 Å². The van der Waals surface area contributed by atoms with Crippen molar-refractivity contribution in [3.63, 3.8) is 0 Å². The molecule has 1 aromatic rings. The van der Waals surface area contributed by atoms with Crippen LogP contribution in [0.5, 0.6) is 5.75 Å². The first kappa shape index (κ1) is 10.7. The molecule has 0 fully saturated rings. The fraction of sp³-hybridized carbons (Fsp3) is 0.308. The Hall–Kier alpha value is -1.77. The molecule has 1 atom stereocenters. The summed E-state index contributed by atoms with van der Waals surface area (Å²) in [7, 11) is 0. The molecule has 84 valence electrons. The molecule has 3 nitrogen and oxygen atoms in total. The smallest absolute Gasteiger partial charge is 0.313 e. The SMILES string of the molecule is C=CCC1(C(=O)O)COc2ccccc2C1. The van der Waals surface area contributed by atoms with E-state index in [0.717, 1.165) is 11.3 Å². The molecule has 16 heavy (non-hydrogen) atoms. The Labute approximate surface area is 94.4 Å². The van der Waals surface area contributed by atoms with Crippen molar-refractivity contribution in [3.05, 3.63) is 42.5 Å². The quantitative estimate of drug-likeness (QED) is 0.791. The van der Waals surface area contributed by atoms with Crippen LogP contribution in [0.4, 0.5) is 0 Å². The minimum atomic E-state index is -0.851. The Kier molecular flexibility index (Phi) is 2.69. The van der Waals surface area contributed by atoms with Gasteiger partial charge in [-0.05, 0) is 24.5 Å². The monoisotopic (exact) mass is 218 g/mol. The molecule has 0 amide bonds. The summed E-state index contributed by atoms with van der Waals surface area (Å²) in [6.07, 6.45) is 2.58. The summed E-state index contributed by atoms with van der Waals surface area (Å²) in [6.45, 7) is 3.83. The van der Waals surface area contributed by atoms with E-state index in [1.54, 1.807) is 6.08 Å². The highest BCUT2D eigenvalue weighted by molar-refractivity contribution is 5.76. The van der Waals surface area contributed by atoms with Crippen LogP contribution in [-0.2, 0) is 11.2 Å². The van der Waals surface area contributed by atoms with E-state index >= 15 is 0 Å². The fourth-order valence-electron chi connectivity index (χ4n) is 2.05. The summed E-state index contributed by atoms with van der Waals surface area (Å²) in [4.78, 5) is 11.3. The minimum absolute atomic E-state index is 0.214. The first-order chi connectivity index (χ1) is 7.68. The molecule has 0 saturated carbocycles. The highest BCUT2D eigenvalue weighted by Gasteiger charge is 2.41. The van der Waals surface area contributed by atoms with Crippen LogP contribution < -0.4 is 4.74 Å². The normalized spacial score (nSPS) is 23.0. The standard InChI is InChI=1S/C13H14O3/c1-2-7-13(12(14)15)8-10-5-3-4-6-11(10)16-9-13/h2-6H,1,7-9H2,(H,14,15). The van der Waals surface area contributed by atoms with Crippen LogP contribution in [0.2, 0.25) is 0 Å². The number of hydrogen-bond donors (Lipinski definition) is 1. The Bertz CT molecular complexity index is 425. The summed E-state index contributed by atoms with van der Waals surface area (Å²) >= 11 is 0. The van der Waals surface area contributed by atoms with E-state index in [4.69, 9.17) is 4.74 Å². The van der Waals surface area contributed by atoms with E-state index < -0.39 is 11.4 Å². The molecule has 1 unspecified atom stereocenters. The van der Waals surface area contributed by atoms with E-state index in [2.05, 4.69) is 6.58 Å². The number of aliphatic carboxylic acids is 1. The van der Waals surface area contributed by atoms with E-state index in [1.807, 2.05) is 24.3 Å². The Morgan fingerprint density at radius 2 is 2.31 bits per heavy atom. The van der Waals surface area contributed by atoms with E-state index in [0.29, 0.717) is 12.8 Å².